The van der Waals surface area contributed by atoms with Gasteiger partial charge >= 0.3 is 17.9 Å². The Morgan fingerprint density at radius 1 is 0.462 bits per heavy atom. The summed E-state index contributed by atoms with van der Waals surface area (Å²) < 4.78 is 22.6. The second-order valence-electron chi connectivity index (χ2n) is 16.3. The predicted molar refractivity (Wildman–Crippen MR) is 271 cm³/mol. The van der Waals surface area contributed by atoms with Crippen LogP contribution in [0.15, 0.2) is 146 Å². The number of unbranched alkanes of at least 4 members (excludes halogenated alkanes) is 2. The Hall–Kier alpha value is -4.83. The van der Waals surface area contributed by atoms with Crippen molar-refractivity contribution in [3.05, 3.63) is 146 Å². The van der Waals surface area contributed by atoms with Gasteiger partial charge in [-0.15, -0.1) is 0 Å². The molecule has 2 atom stereocenters. The number of carboxylic acid groups (broad SMARTS) is 1. The number of aliphatic carboxylic acids is 1. The molecule has 0 aliphatic carbocycles. The van der Waals surface area contributed by atoms with E-state index in [1.165, 1.54) is 0 Å². The molecule has 65 heavy (non-hydrogen) atoms. The summed E-state index contributed by atoms with van der Waals surface area (Å²) in [5, 5.41) is 9.64. The smallest absolute Gasteiger partial charge is 0.361 e. The van der Waals surface area contributed by atoms with Crippen molar-refractivity contribution in [1.29, 1.82) is 0 Å². The van der Waals surface area contributed by atoms with E-state index in [0.29, 0.717) is 23.9 Å². The van der Waals surface area contributed by atoms with Crippen molar-refractivity contribution in [2.45, 2.75) is 142 Å². The number of rotatable bonds is 41. The van der Waals surface area contributed by atoms with E-state index in [0.717, 1.165) is 89.9 Å². The Bertz CT molecular complexity index is 1560. The lowest BCUT2D eigenvalue weighted by molar-refractivity contribution is -0.870. The molecule has 0 spiro atoms. The second kappa shape index (κ2) is 45.7. The fourth-order valence-electron chi connectivity index (χ4n) is 5.45. The van der Waals surface area contributed by atoms with Gasteiger partial charge in [-0.05, 0) is 103 Å². The van der Waals surface area contributed by atoms with Gasteiger partial charge in [0.2, 0.25) is 0 Å². The first-order chi connectivity index (χ1) is 31.6. The molecule has 0 fully saturated rings. The zero-order chi connectivity index (χ0) is 47.7. The van der Waals surface area contributed by atoms with E-state index < -0.39 is 30.3 Å². The topological polar surface area (TPSA) is 108 Å². The van der Waals surface area contributed by atoms with Crippen molar-refractivity contribution < 1.29 is 42.9 Å². The third-order valence-corrected chi connectivity index (χ3v) is 9.10. The number of likely N-dealkylation sites (N-methyl/N-ethyl adjacent to an activating group) is 1. The van der Waals surface area contributed by atoms with Gasteiger partial charge in [0.15, 0.2) is 6.10 Å². The average Bonchev–Trinajstić information content (AvgIpc) is 3.27. The van der Waals surface area contributed by atoms with Crippen LogP contribution in [0.5, 0.6) is 0 Å². The van der Waals surface area contributed by atoms with Gasteiger partial charge in [-0.3, -0.25) is 9.59 Å². The number of carbonyl (C=O) groups excluding carboxylic acids is 2. The largest absolute Gasteiger partial charge is 0.477 e. The van der Waals surface area contributed by atoms with Crippen molar-refractivity contribution in [1.82, 2.24) is 0 Å². The maximum Gasteiger partial charge on any atom is 0.361 e. The zero-order valence-electron chi connectivity index (χ0n) is 40.8. The molecular formula is C56H86NO8+. The molecule has 1 N–H and O–H groups in total. The number of carboxylic acids is 1. The molecule has 0 aromatic heterocycles. The summed E-state index contributed by atoms with van der Waals surface area (Å²) in [6.07, 6.45) is 63.7. The highest BCUT2D eigenvalue weighted by molar-refractivity contribution is 5.71. The fraction of sp³-hybridized carbons (Fsp3) is 0.518. The summed E-state index contributed by atoms with van der Waals surface area (Å²) in [5.74, 6) is -2.20. The fourth-order valence-corrected chi connectivity index (χ4v) is 5.45. The van der Waals surface area contributed by atoms with Crippen molar-refractivity contribution in [3.8, 4) is 0 Å². The van der Waals surface area contributed by atoms with Gasteiger partial charge in [-0.25, -0.2) is 4.79 Å². The third kappa shape index (κ3) is 47.0. The molecule has 0 bridgehead atoms. The minimum absolute atomic E-state index is 0.159. The molecule has 0 saturated heterocycles. The minimum Gasteiger partial charge on any atom is -0.477 e. The molecule has 0 saturated carbocycles. The monoisotopic (exact) mass is 901 g/mol. The summed E-state index contributed by atoms with van der Waals surface area (Å²) in [6, 6.07) is 0. The van der Waals surface area contributed by atoms with Crippen molar-refractivity contribution in [3.63, 3.8) is 0 Å². The van der Waals surface area contributed by atoms with Gasteiger partial charge in [0.1, 0.15) is 13.2 Å². The molecule has 0 heterocycles. The van der Waals surface area contributed by atoms with Crippen LogP contribution < -0.4 is 0 Å². The number of ether oxygens (including phenoxy) is 4. The van der Waals surface area contributed by atoms with E-state index in [1.54, 1.807) is 0 Å². The molecule has 0 aromatic rings. The normalized spacial score (nSPS) is 14.2. The van der Waals surface area contributed by atoms with Crippen LogP contribution in [0.2, 0.25) is 0 Å². The van der Waals surface area contributed by atoms with Gasteiger partial charge in [0.25, 0.3) is 6.29 Å². The van der Waals surface area contributed by atoms with Crippen LogP contribution >= 0.6 is 0 Å². The van der Waals surface area contributed by atoms with Gasteiger partial charge < -0.3 is 28.5 Å². The first-order valence-electron chi connectivity index (χ1n) is 24.0. The van der Waals surface area contributed by atoms with Crippen molar-refractivity contribution >= 4 is 17.9 Å². The van der Waals surface area contributed by atoms with E-state index in [4.69, 9.17) is 18.9 Å². The zero-order valence-corrected chi connectivity index (χ0v) is 40.8. The summed E-state index contributed by atoms with van der Waals surface area (Å²) in [4.78, 5) is 37.1. The van der Waals surface area contributed by atoms with E-state index >= 15 is 0 Å². The number of esters is 2. The van der Waals surface area contributed by atoms with Crippen LogP contribution in [-0.4, -0.2) is 87.4 Å². The SMILES string of the molecule is CC/C=C\C/C=C\C/C=C\C/C=C\C/C=C\C/C=C\C/C=C\C/C=C\CCCCC(=O)OC(COC(=O)CC/C=C\C/C=C\C/C=C\C/C=C\CC)COC(OCC[N+](C)(C)C)C(=O)O. The first-order valence-corrected chi connectivity index (χ1v) is 24.0. The Balaban J connectivity index is 4.54. The van der Waals surface area contributed by atoms with E-state index in [2.05, 4.69) is 148 Å². The van der Waals surface area contributed by atoms with Gasteiger partial charge in [-0.2, -0.15) is 0 Å². The van der Waals surface area contributed by atoms with Crippen LogP contribution in [0.3, 0.4) is 0 Å². The second-order valence-corrected chi connectivity index (χ2v) is 16.3. The van der Waals surface area contributed by atoms with Gasteiger partial charge in [0, 0.05) is 12.8 Å². The molecule has 362 valence electrons. The third-order valence-electron chi connectivity index (χ3n) is 9.10. The van der Waals surface area contributed by atoms with Crippen molar-refractivity contribution in [2.75, 3.05) is 47.5 Å². The van der Waals surface area contributed by atoms with Crippen molar-refractivity contribution in [2.24, 2.45) is 0 Å². The Morgan fingerprint density at radius 2 is 0.846 bits per heavy atom. The van der Waals surface area contributed by atoms with Crippen LogP contribution in [0.25, 0.3) is 0 Å². The quantitative estimate of drug-likeness (QED) is 0.0212. The Labute approximate surface area is 394 Å². The Kier molecular flexibility index (Phi) is 42.3. The number of carbonyl (C=O) groups is 3. The first kappa shape index (κ1) is 60.2. The number of hydrogen-bond acceptors (Lipinski definition) is 7. The number of quaternary nitrogens is 1. The lowest BCUT2D eigenvalue weighted by Gasteiger charge is -2.25. The molecule has 0 rings (SSSR count). The molecule has 0 aliphatic heterocycles. The summed E-state index contributed by atoms with van der Waals surface area (Å²) in [7, 11) is 5.90. The lowest BCUT2D eigenvalue weighted by atomic mass is 10.2. The standard InChI is InChI=1S/C56H85NO8/c1-6-8-10-12-14-16-18-20-21-22-23-24-25-26-27-28-29-30-31-32-33-35-37-39-41-43-45-47-54(59)65-52(51-64-56(55(60)61)62-49-48-57(3,4)5)50-63-53(58)46-44-42-40-38-36-34-19-17-15-13-11-9-7-2/h8-11,14-17,20-21,23-24,26-27,29-30,32-34,36-37,39-40,42,52,56H,6-7,12-13,18-19,22,25,28,31,35,38,41,43-51H2,1-5H3/p+1/b10-8-,11-9-,16-14-,17-15-,21-20-,24-23-,27-26-,30-29-,33-32-,36-34-,39-37-,42-40-. The van der Waals surface area contributed by atoms with Gasteiger partial charge in [-0.1, -0.05) is 160 Å². The van der Waals surface area contributed by atoms with E-state index in [9.17, 15) is 19.5 Å². The molecule has 0 aromatic carbocycles. The highest BCUT2D eigenvalue weighted by Gasteiger charge is 2.25. The maximum atomic E-state index is 12.8. The van der Waals surface area contributed by atoms with Crippen LogP contribution in [-0.2, 0) is 33.3 Å². The molecule has 0 amide bonds. The highest BCUT2D eigenvalue weighted by atomic mass is 16.7. The molecule has 9 nitrogen and oxygen atoms in total. The highest BCUT2D eigenvalue weighted by Crippen LogP contribution is 2.09. The summed E-state index contributed by atoms with van der Waals surface area (Å²) in [6.45, 7) is 4.45. The molecule has 9 heteroatoms. The van der Waals surface area contributed by atoms with Crippen LogP contribution in [0.1, 0.15) is 129 Å². The Morgan fingerprint density at radius 3 is 1.23 bits per heavy atom. The van der Waals surface area contributed by atoms with Crippen LogP contribution in [0.4, 0.5) is 0 Å². The van der Waals surface area contributed by atoms with Crippen LogP contribution in [0, 0.1) is 0 Å². The molecule has 2 unspecified atom stereocenters. The summed E-state index contributed by atoms with van der Waals surface area (Å²) in [5.41, 5.74) is 0. The number of nitrogens with zero attached hydrogens (tertiary/aromatic N) is 1. The maximum absolute atomic E-state index is 12.8. The number of allylic oxidation sites excluding steroid dienone is 24. The molecular weight excluding hydrogens is 815 g/mol. The minimum atomic E-state index is -1.55. The molecule has 0 aliphatic rings. The van der Waals surface area contributed by atoms with E-state index in [1.807, 2.05) is 33.3 Å². The predicted octanol–water partition coefficient (Wildman–Crippen LogP) is 13.3. The lowest BCUT2D eigenvalue weighted by Crippen LogP contribution is -2.40. The van der Waals surface area contributed by atoms with E-state index in [-0.39, 0.29) is 32.7 Å². The summed E-state index contributed by atoms with van der Waals surface area (Å²) >= 11 is 0. The number of hydrogen-bond donors (Lipinski definition) is 1. The van der Waals surface area contributed by atoms with Gasteiger partial charge in [0.05, 0.1) is 34.4 Å². The average molecular weight is 901 g/mol. The molecule has 0 radical (unpaired) electrons.